The van der Waals surface area contributed by atoms with Gasteiger partial charge in [0, 0.05) is 16.5 Å². The van der Waals surface area contributed by atoms with E-state index in [0.29, 0.717) is 0 Å². The number of fused-ring (bicyclic) bond motifs is 1. The third-order valence-corrected chi connectivity index (χ3v) is 3.34. The highest BCUT2D eigenvalue weighted by atomic mass is 15.0. The van der Waals surface area contributed by atoms with Gasteiger partial charge >= 0.3 is 0 Å². The van der Waals surface area contributed by atoms with E-state index in [0.717, 1.165) is 33.3 Å². The van der Waals surface area contributed by atoms with E-state index in [1.165, 1.54) is 0 Å². The van der Waals surface area contributed by atoms with Crippen LogP contribution in [0.1, 0.15) is 11.1 Å². The third kappa shape index (κ3) is 1.88. The molecule has 0 radical (unpaired) electrons. The Morgan fingerprint density at radius 1 is 1.05 bits per heavy atom. The number of nitrogen functional groups attached to an aromatic ring is 1. The smallest absolute Gasteiger partial charge is 0.221 e. The van der Waals surface area contributed by atoms with Crippen LogP contribution in [-0.2, 0) is 0 Å². The van der Waals surface area contributed by atoms with Crippen molar-refractivity contribution in [1.29, 1.82) is 0 Å². The summed E-state index contributed by atoms with van der Waals surface area (Å²) in [7, 11) is 0. The minimum Gasteiger partial charge on any atom is -0.368 e. The van der Waals surface area contributed by atoms with Gasteiger partial charge in [0.2, 0.25) is 5.95 Å². The Labute approximate surface area is 117 Å². The number of aromatic nitrogens is 2. The highest BCUT2D eigenvalue weighted by molar-refractivity contribution is 5.96. The molecule has 0 atom stereocenters. The van der Waals surface area contributed by atoms with Crippen LogP contribution in [0.4, 0.5) is 5.95 Å². The maximum Gasteiger partial charge on any atom is 0.221 e. The van der Waals surface area contributed by atoms with E-state index < -0.39 is 0 Å². The molecule has 1 aromatic heterocycles. The molecule has 0 fully saturated rings. The first kappa shape index (κ1) is 12.2. The van der Waals surface area contributed by atoms with Crippen molar-refractivity contribution in [2.75, 3.05) is 5.73 Å². The highest BCUT2D eigenvalue weighted by Crippen LogP contribution is 2.30. The van der Waals surface area contributed by atoms with Crippen LogP contribution in [0.2, 0.25) is 0 Å². The molecule has 0 unspecified atom stereocenters. The molecule has 3 heteroatoms. The Balaban J connectivity index is 2.45. The van der Waals surface area contributed by atoms with Crippen LogP contribution in [0.25, 0.3) is 22.2 Å². The number of rotatable bonds is 1. The molecule has 96 valence electrons. The van der Waals surface area contributed by atoms with E-state index in [1.54, 1.807) is 0 Å². The fraction of sp³-hybridized carbons (Fsp3) is 0.0588. The molecule has 20 heavy (non-hydrogen) atoms. The largest absolute Gasteiger partial charge is 0.368 e. The molecule has 0 aliphatic rings. The van der Waals surface area contributed by atoms with Crippen molar-refractivity contribution in [3.63, 3.8) is 0 Å². The van der Waals surface area contributed by atoms with E-state index in [9.17, 15) is 0 Å². The summed E-state index contributed by atoms with van der Waals surface area (Å²) in [5, 5.41) is 0.959. The molecule has 0 amide bonds. The molecule has 2 N–H and O–H groups in total. The van der Waals surface area contributed by atoms with Gasteiger partial charge in [-0.25, -0.2) is 9.97 Å². The van der Waals surface area contributed by atoms with Gasteiger partial charge in [-0.15, -0.1) is 6.42 Å². The number of hydrogen-bond acceptors (Lipinski definition) is 3. The molecule has 0 saturated carbocycles. The fourth-order valence-corrected chi connectivity index (χ4v) is 2.37. The van der Waals surface area contributed by atoms with Gasteiger partial charge in [0.05, 0.1) is 11.2 Å². The fourth-order valence-electron chi connectivity index (χ4n) is 2.37. The van der Waals surface area contributed by atoms with Gasteiger partial charge in [0.25, 0.3) is 0 Å². The molecular formula is C17H13N3. The number of hydrogen-bond donors (Lipinski definition) is 1. The van der Waals surface area contributed by atoms with Crippen molar-refractivity contribution >= 4 is 16.9 Å². The van der Waals surface area contributed by atoms with Crippen LogP contribution in [0, 0.1) is 19.3 Å². The van der Waals surface area contributed by atoms with Crippen molar-refractivity contribution in [1.82, 2.24) is 9.97 Å². The Morgan fingerprint density at radius 3 is 2.50 bits per heavy atom. The predicted octanol–water partition coefficient (Wildman–Crippen LogP) is 3.17. The van der Waals surface area contributed by atoms with Crippen molar-refractivity contribution in [3.05, 3.63) is 53.6 Å². The van der Waals surface area contributed by atoms with Crippen LogP contribution in [-0.4, -0.2) is 9.97 Å². The zero-order chi connectivity index (χ0) is 14.1. The molecule has 0 saturated heterocycles. The molecule has 0 bridgehead atoms. The van der Waals surface area contributed by atoms with Gasteiger partial charge in [-0.2, -0.15) is 0 Å². The van der Waals surface area contributed by atoms with Crippen molar-refractivity contribution in [2.24, 2.45) is 0 Å². The van der Waals surface area contributed by atoms with Crippen LogP contribution >= 0.6 is 0 Å². The topological polar surface area (TPSA) is 51.8 Å². The summed E-state index contributed by atoms with van der Waals surface area (Å²) in [6, 6.07) is 13.7. The molecule has 0 aliphatic heterocycles. The SMILES string of the molecule is C#Cc1ccc2nc(N)nc(-c3ccccc3)c2c1C. The van der Waals surface area contributed by atoms with E-state index in [2.05, 4.69) is 15.9 Å². The lowest BCUT2D eigenvalue weighted by atomic mass is 9.99. The molecule has 1 heterocycles. The minimum atomic E-state index is 0.268. The standard InChI is InChI=1S/C17H13N3/c1-3-12-9-10-14-15(11(12)2)16(20-17(18)19-14)13-7-5-4-6-8-13/h1,4-10H,2H3,(H2,18,19,20). The summed E-state index contributed by atoms with van der Waals surface area (Å²) in [6.07, 6.45) is 5.54. The lowest BCUT2D eigenvalue weighted by Gasteiger charge is -2.10. The quantitative estimate of drug-likeness (QED) is 0.683. The van der Waals surface area contributed by atoms with E-state index in [1.807, 2.05) is 49.4 Å². The summed E-state index contributed by atoms with van der Waals surface area (Å²) in [6.45, 7) is 1.99. The molecule has 3 rings (SSSR count). The first-order chi connectivity index (χ1) is 9.70. The predicted molar refractivity (Wildman–Crippen MR) is 82.1 cm³/mol. The molecular weight excluding hydrogens is 246 g/mol. The first-order valence-electron chi connectivity index (χ1n) is 6.29. The monoisotopic (exact) mass is 259 g/mol. The maximum atomic E-state index is 5.82. The van der Waals surface area contributed by atoms with Crippen molar-refractivity contribution in [3.8, 4) is 23.6 Å². The maximum absolute atomic E-state index is 5.82. The van der Waals surface area contributed by atoms with Crippen LogP contribution < -0.4 is 5.73 Å². The van der Waals surface area contributed by atoms with Crippen LogP contribution in [0.5, 0.6) is 0 Å². The van der Waals surface area contributed by atoms with E-state index >= 15 is 0 Å². The van der Waals surface area contributed by atoms with Crippen LogP contribution in [0.15, 0.2) is 42.5 Å². The van der Waals surface area contributed by atoms with Gasteiger partial charge in [-0.05, 0) is 24.6 Å². The second-order valence-electron chi connectivity index (χ2n) is 4.57. The Morgan fingerprint density at radius 2 is 1.80 bits per heavy atom. The highest BCUT2D eigenvalue weighted by Gasteiger charge is 2.12. The molecule has 3 aromatic rings. The zero-order valence-electron chi connectivity index (χ0n) is 11.1. The number of aryl methyl sites for hydroxylation is 1. The third-order valence-electron chi connectivity index (χ3n) is 3.34. The van der Waals surface area contributed by atoms with Gasteiger partial charge < -0.3 is 5.73 Å². The molecule has 3 nitrogen and oxygen atoms in total. The number of anilines is 1. The number of benzene rings is 2. The lowest BCUT2D eigenvalue weighted by molar-refractivity contribution is 1.23. The summed E-state index contributed by atoms with van der Waals surface area (Å²) in [5.41, 5.74) is 10.3. The summed E-state index contributed by atoms with van der Waals surface area (Å²) in [4.78, 5) is 8.70. The average molecular weight is 259 g/mol. The summed E-state index contributed by atoms with van der Waals surface area (Å²) in [5.74, 6) is 2.96. The summed E-state index contributed by atoms with van der Waals surface area (Å²) >= 11 is 0. The zero-order valence-corrected chi connectivity index (χ0v) is 11.1. The Hall–Kier alpha value is -2.86. The lowest BCUT2D eigenvalue weighted by Crippen LogP contribution is -2.00. The van der Waals surface area contributed by atoms with Gasteiger partial charge in [-0.1, -0.05) is 36.3 Å². The van der Waals surface area contributed by atoms with Crippen molar-refractivity contribution < 1.29 is 0 Å². The molecule has 2 aromatic carbocycles. The van der Waals surface area contributed by atoms with E-state index in [-0.39, 0.29) is 5.95 Å². The van der Waals surface area contributed by atoms with Gasteiger partial charge in [-0.3, -0.25) is 0 Å². The normalized spacial score (nSPS) is 10.4. The van der Waals surface area contributed by atoms with Gasteiger partial charge in [0.15, 0.2) is 0 Å². The van der Waals surface area contributed by atoms with Crippen molar-refractivity contribution in [2.45, 2.75) is 6.92 Å². The number of nitrogens with two attached hydrogens (primary N) is 1. The molecule has 0 aliphatic carbocycles. The minimum absolute atomic E-state index is 0.268. The van der Waals surface area contributed by atoms with E-state index in [4.69, 9.17) is 12.2 Å². The number of nitrogens with zero attached hydrogens (tertiary/aromatic N) is 2. The second kappa shape index (κ2) is 4.67. The average Bonchev–Trinajstić information content (AvgIpc) is 2.47. The Kier molecular flexibility index (Phi) is 2.85. The second-order valence-corrected chi connectivity index (χ2v) is 4.57. The van der Waals surface area contributed by atoms with Crippen LogP contribution in [0.3, 0.4) is 0 Å². The Bertz CT molecular complexity index is 830. The number of terminal acetylenes is 1. The van der Waals surface area contributed by atoms with Gasteiger partial charge in [0.1, 0.15) is 0 Å². The molecule has 0 spiro atoms. The summed E-state index contributed by atoms with van der Waals surface area (Å²) < 4.78 is 0. The first-order valence-corrected chi connectivity index (χ1v) is 6.29.